The molecule has 0 unspecified atom stereocenters. The van der Waals surface area contributed by atoms with E-state index >= 15 is 0 Å². The van der Waals surface area contributed by atoms with E-state index in [0.717, 1.165) is 11.1 Å². The van der Waals surface area contributed by atoms with Gasteiger partial charge in [0.05, 0.1) is 6.61 Å². The number of methoxy groups -OCH3 is 1. The van der Waals surface area contributed by atoms with Crippen molar-refractivity contribution < 1.29 is 13.9 Å². The number of aryl methyl sites for hydroxylation is 1. The van der Waals surface area contributed by atoms with Crippen molar-refractivity contribution in [2.75, 3.05) is 20.3 Å². The highest BCUT2D eigenvalue weighted by molar-refractivity contribution is 5.95. The predicted molar refractivity (Wildman–Crippen MR) is 84.2 cm³/mol. The van der Waals surface area contributed by atoms with Crippen molar-refractivity contribution in [2.45, 2.75) is 13.5 Å². The molecule has 0 aliphatic heterocycles. The lowest BCUT2D eigenvalue weighted by Crippen LogP contribution is -2.34. The average Bonchev–Trinajstić information content (AvgIpc) is 2.54. The van der Waals surface area contributed by atoms with Crippen LogP contribution >= 0.6 is 0 Å². The summed E-state index contributed by atoms with van der Waals surface area (Å²) in [5.41, 5.74) is 2.19. The molecular weight excluding hydrogens is 281 g/mol. The van der Waals surface area contributed by atoms with Crippen molar-refractivity contribution in [3.8, 4) is 0 Å². The molecule has 0 aliphatic rings. The number of halogens is 1. The third-order valence-electron chi connectivity index (χ3n) is 3.50. The monoisotopic (exact) mass is 301 g/mol. The van der Waals surface area contributed by atoms with Crippen molar-refractivity contribution in [3.63, 3.8) is 0 Å². The van der Waals surface area contributed by atoms with Crippen LogP contribution in [0.3, 0.4) is 0 Å². The second-order valence-electron chi connectivity index (χ2n) is 5.16. The second kappa shape index (κ2) is 7.71. The summed E-state index contributed by atoms with van der Waals surface area (Å²) in [4.78, 5) is 14.4. The van der Waals surface area contributed by atoms with E-state index in [2.05, 4.69) is 0 Å². The highest BCUT2D eigenvalue weighted by atomic mass is 19.1. The summed E-state index contributed by atoms with van der Waals surface area (Å²) in [6, 6.07) is 14.0. The van der Waals surface area contributed by atoms with Crippen LogP contribution in [-0.4, -0.2) is 31.1 Å². The van der Waals surface area contributed by atoms with Gasteiger partial charge in [-0.2, -0.15) is 0 Å². The Hall–Kier alpha value is -2.20. The van der Waals surface area contributed by atoms with Gasteiger partial charge in [0.25, 0.3) is 5.91 Å². The van der Waals surface area contributed by atoms with Gasteiger partial charge < -0.3 is 9.64 Å². The van der Waals surface area contributed by atoms with Crippen LogP contribution in [0.25, 0.3) is 0 Å². The number of ether oxygens (including phenoxy) is 1. The van der Waals surface area contributed by atoms with Crippen molar-refractivity contribution in [2.24, 2.45) is 0 Å². The number of hydrogen-bond acceptors (Lipinski definition) is 2. The van der Waals surface area contributed by atoms with Crippen molar-refractivity contribution >= 4 is 5.91 Å². The number of benzene rings is 2. The van der Waals surface area contributed by atoms with E-state index in [1.807, 2.05) is 37.3 Å². The summed E-state index contributed by atoms with van der Waals surface area (Å²) in [5.74, 6) is -0.585. The molecule has 0 atom stereocenters. The number of hydrogen-bond donors (Lipinski definition) is 0. The Morgan fingerprint density at radius 1 is 1.18 bits per heavy atom. The summed E-state index contributed by atoms with van der Waals surface area (Å²) in [7, 11) is 1.60. The Balaban J connectivity index is 2.24. The maximum atomic E-state index is 13.5. The molecule has 0 spiro atoms. The van der Waals surface area contributed by atoms with Crippen LogP contribution in [0.1, 0.15) is 21.5 Å². The van der Waals surface area contributed by atoms with E-state index in [1.54, 1.807) is 18.1 Å². The molecule has 0 saturated heterocycles. The van der Waals surface area contributed by atoms with Gasteiger partial charge in [0.2, 0.25) is 0 Å². The van der Waals surface area contributed by atoms with Gasteiger partial charge in [-0.3, -0.25) is 4.79 Å². The summed E-state index contributed by atoms with van der Waals surface area (Å²) < 4.78 is 18.5. The minimum absolute atomic E-state index is 0.182. The lowest BCUT2D eigenvalue weighted by atomic mass is 10.1. The largest absolute Gasteiger partial charge is 0.383 e. The topological polar surface area (TPSA) is 29.5 Å². The normalized spacial score (nSPS) is 10.5. The Morgan fingerprint density at radius 2 is 1.91 bits per heavy atom. The first-order valence-electron chi connectivity index (χ1n) is 7.20. The van der Waals surface area contributed by atoms with Gasteiger partial charge in [-0.05, 0) is 30.2 Å². The fraction of sp³-hybridized carbons (Fsp3) is 0.278. The van der Waals surface area contributed by atoms with E-state index < -0.39 is 5.82 Å². The minimum Gasteiger partial charge on any atom is -0.383 e. The predicted octanol–water partition coefficient (Wildman–Crippen LogP) is 3.42. The van der Waals surface area contributed by atoms with Crippen LogP contribution < -0.4 is 0 Å². The third kappa shape index (κ3) is 4.15. The van der Waals surface area contributed by atoms with Gasteiger partial charge in [-0.25, -0.2) is 4.39 Å². The first-order chi connectivity index (χ1) is 10.6. The molecular formula is C18H20FNO2. The molecule has 0 saturated carbocycles. The maximum Gasteiger partial charge on any atom is 0.254 e. The smallest absolute Gasteiger partial charge is 0.254 e. The number of carbonyl (C=O) groups is 1. The van der Waals surface area contributed by atoms with Gasteiger partial charge >= 0.3 is 0 Å². The van der Waals surface area contributed by atoms with E-state index in [0.29, 0.717) is 25.3 Å². The molecule has 0 bridgehead atoms. The molecule has 3 nitrogen and oxygen atoms in total. The molecule has 116 valence electrons. The molecule has 2 aromatic carbocycles. The first kappa shape index (κ1) is 16.2. The number of rotatable bonds is 6. The summed E-state index contributed by atoms with van der Waals surface area (Å²) in [6.45, 7) is 3.18. The van der Waals surface area contributed by atoms with Crippen LogP contribution in [0.4, 0.5) is 4.39 Å². The minimum atomic E-state index is -0.402. The summed E-state index contributed by atoms with van der Waals surface area (Å²) >= 11 is 0. The van der Waals surface area contributed by atoms with Gasteiger partial charge in [-0.1, -0.05) is 36.4 Å². The molecule has 0 heterocycles. The number of carbonyl (C=O) groups excluding carboxylic acids is 1. The summed E-state index contributed by atoms with van der Waals surface area (Å²) in [6.07, 6.45) is 0. The molecule has 0 fully saturated rings. The fourth-order valence-corrected chi connectivity index (χ4v) is 2.25. The Labute approximate surface area is 130 Å². The zero-order chi connectivity index (χ0) is 15.9. The highest BCUT2D eigenvalue weighted by Crippen LogP contribution is 2.15. The van der Waals surface area contributed by atoms with Crippen LogP contribution in [-0.2, 0) is 11.3 Å². The van der Waals surface area contributed by atoms with Crippen LogP contribution in [0.2, 0.25) is 0 Å². The molecule has 0 aliphatic carbocycles. The Bertz CT molecular complexity index is 628. The van der Waals surface area contributed by atoms with E-state index in [-0.39, 0.29) is 5.91 Å². The first-order valence-corrected chi connectivity index (χ1v) is 7.20. The number of amides is 1. The Kier molecular flexibility index (Phi) is 5.67. The van der Waals surface area contributed by atoms with E-state index in [1.165, 1.54) is 12.1 Å². The van der Waals surface area contributed by atoms with Crippen LogP contribution in [0.5, 0.6) is 0 Å². The summed E-state index contributed by atoms with van der Waals surface area (Å²) in [5, 5.41) is 0. The van der Waals surface area contributed by atoms with Crippen LogP contribution in [0.15, 0.2) is 48.5 Å². The van der Waals surface area contributed by atoms with Gasteiger partial charge in [0.15, 0.2) is 0 Å². The maximum absolute atomic E-state index is 13.5. The third-order valence-corrected chi connectivity index (χ3v) is 3.50. The quantitative estimate of drug-likeness (QED) is 0.818. The lowest BCUT2D eigenvalue weighted by Gasteiger charge is -2.23. The SMILES string of the molecule is COCCN(Cc1ccccc1)C(=O)c1cc(F)ccc1C. The number of nitrogens with zero attached hydrogens (tertiary/aromatic N) is 1. The van der Waals surface area contributed by atoms with E-state index in [4.69, 9.17) is 4.74 Å². The molecule has 4 heteroatoms. The zero-order valence-electron chi connectivity index (χ0n) is 12.9. The average molecular weight is 301 g/mol. The van der Waals surface area contributed by atoms with Crippen LogP contribution in [0, 0.1) is 12.7 Å². The molecule has 0 aromatic heterocycles. The molecule has 1 amide bonds. The Morgan fingerprint density at radius 3 is 2.59 bits per heavy atom. The second-order valence-corrected chi connectivity index (χ2v) is 5.16. The van der Waals surface area contributed by atoms with Crippen molar-refractivity contribution in [1.29, 1.82) is 0 Å². The van der Waals surface area contributed by atoms with Gasteiger partial charge in [0.1, 0.15) is 5.82 Å². The van der Waals surface area contributed by atoms with Crippen molar-refractivity contribution in [3.05, 3.63) is 71.0 Å². The fourth-order valence-electron chi connectivity index (χ4n) is 2.25. The molecule has 22 heavy (non-hydrogen) atoms. The molecule has 2 rings (SSSR count). The molecule has 0 radical (unpaired) electrons. The standard InChI is InChI=1S/C18H20FNO2/c1-14-8-9-16(19)12-17(14)18(21)20(10-11-22-2)13-15-6-4-3-5-7-15/h3-9,12H,10-11,13H2,1-2H3. The van der Waals surface area contributed by atoms with Gasteiger partial charge in [0, 0.05) is 25.8 Å². The van der Waals surface area contributed by atoms with Gasteiger partial charge in [-0.15, -0.1) is 0 Å². The lowest BCUT2D eigenvalue weighted by molar-refractivity contribution is 0.0679. The molecule has 2 aromatic rings. The molecule has 0 N–H and O–H groups in total. The van der Waals surface area contributed by atoms with E-state index in [9.17, 15) is 9.18 Å². The zero-order valence-corrected chi connectivity index (χ0v) is 12.9. The van der Waals surface area contributed by atoms with Crippen molar-refractivity contribution in [1.82, 2.24) is 4.90 Å². The highest BCUT2D eigenvalue weighted by Gasteiger charge is 2.18.